The van der Waals surface area contributed by atoms with Gasteiger partial charge in [-0.3, -0.25) is 0 Å². The molecule has 2 N–H and O–H groups in total. The lowest BCUT2D eigenvalue weighted by molar-refractivity contribution is 0.346. The zero-order valence-corrected chi connectivity index (χ0v) is 9.16. The van der Waals surface area contributed by atoms with E-state index in [-0.39, 0.29) is 0 Å². The smallest absolute Gasteiger partial charge is 0.0230 e. The summed E-state index contributed by atoms with van der Waals surface area (Å²) in [4.78, 5) is 2.29. The number of nitrogens with two attached hydrogens (primary N) is 1. The summed E-state index contributed by atoms with van der Waals surface area (Å²) in [7, 11) is 2.13. The molecule has 2 nitrogen and oxygen atoms in total. The van der Waals surface area contributed by atoms with Crippen molar-refractivity contribution < 1.29 is 0 Å². The molecule has 0 aliphatic rings. The number of hydrogen-bond donors (Lipinski definition) is 1. The molecule has 0 aliphatic carbocycles. The molecule has 0 bridgehead atoms. The molecule has 1 aromatic carbocycles. The first kappa shape index (κ1) is 11.2. The molecule has 0 saturated carbocycles. The molecule has 1 rings (SSSR count). The molecule has 0 aliphatic heterocycles. The summed E-state index contributed by atoms with van der Waals surface area (Å²) in [5.41, 5.74) is 8.19. The molecule has 0 saturated heterocycles. The molecule has 14 heavy (non-hydrogen) atoms. The molecule has 0 atom stereocenters. The van der Waals surface area contributed by atoms with Crippen molar-refractivity contribution in [1.82, 2.24) is 4.90 Å². The van der Waals surface area contributed by atoms with E-state index in [1.807, 2.05) is 0 Å². The van der Waals surface area contributed by atoms with Gasteiger partial charge in [-0.15, -0.1) is 0 Å². The Labute approximate surface area is 86.7 Å². The Balaban J connectivity index is 2.54. The molecule has 0 aromatic heterocycles. The highest BCUT2D eigenvalue weighted by Crippen LogP contribution is 2.06. The Morgan fingerprint density at radius 2 is 1.71 bits per heavy atom. The highest BCUT2D eigenvalue weighted by atomic mass is 15.1. The minimum Gasteiger partial charge on any atom is -0.330 e. The van der Waals surface area contributed by atoms with Gasteiger partial charge in [0.1, 0.15) is 0 Å². The summed E-state index contributed by atoms with van der Waals surface area (Å²) < 4.78 is 0. The van der Waals surface area contributed by atoms with E-state index in [9.17, 15) is 0 Å². The van der Waals surface area contributed by atoms with E-state index in [2.05, 4.69) is 43.1 Å². The number of benzene rings is 1. The molecule has 0 radical (unpaired) electrons. The van der Waals surface area contributed by atoms with Crippen molar-refractivity contribution in [1.29, 1.82) is 0 Å². The second-order valence-electron chi connectivity index (χ2n) is 3.69. The maximum atomic E-state index is 5.49. The topological polar surface area (TPSA) is 29.3 Å². The number of nitrogens with zero attached hydrogens (tertiary/aromatic N) is 1. The normalized spacial score (nSPS) is 10.9. The highest BCUT2D eigenvalue weighted by Gasteiger charge is 1.97. The van der Waals surface area contributed by atoms with Crippen LogP contribution in [0.25, 0.3) is 0 Å². The fraction of sp³-hybridized carbons (Fsp3) is 0.500. The molecular formula is C12H20N2. The molecule has 78 valence electrons. The van der Waals surface area contributed by atoms with Crippen molar-refractivity contribution in [3.05, 3.63) is 35.4 Å². The fourth-order valence-corrected chi connectivity index (χ4v) is 1.40. The van der Waals surface area contributed by atoms with Crippen LogP contribution in [0.3, 0.4) is 0 Å². The fourth-order valence-electron chi connectivity index (χ4n) is 1.40. The van der Waals surface area contributed by atoms with Gasteiger partial charge in [0.2, 0.25) is 0 Å². The number of hydrogen-bond acceptors (Lipinski definition) is 2. The lowest BCUT2D eigenvalue weighted by atomic mass is 10.1. The van der Waals surface area contributed by atoms with Crippen LogP contribution in [0.1, 0.15) is 18.1 Å². The van der Waals surface area contributed by atoms with Crippen molar-refractivity contribution in [3.63, 3.8) is 0 Å². The average molecular weight is 192 g/mol. The van der Waals surface area contributed by atoms with E-state index in [0.29, 0.717) is 0 Å². The van der Waals surface area contributed by atoms with Crippen LogP contribution in [0, 0.1) is 0 Å². The van der Waals surface area contributed by atoms with Crippen LogP contribution in [-0.4, -0.2) is 25.0 Å². The molecule has 0 heterocycles. The van der Waals surface area contributed by atoms with E-state index in [4.69, 9.17) is 5.73 Å². The van der Waals surface area contributed by atoms with Crippen LogP contribution in [0.4, 0.5) is 0 Å². The third-order valence-electron chi connectivity index (χ3n) is 2.45. The second kappa shape index (κ2) is 5.78. The quantitative estimate of drug-likeness (QED) is 0.768. The third-order valence-corrected chi connectivity index (χ3v) is 2.45. The summed E-state index contributed by atoms with van der Waals surface area (Å²) >= 11 is 0. The Bertz CT molecular complexity index is 254. The van der Waals surface area contributed by atoms with Gasteiger partial charge in [-0.05, 0) is 37.7 Å². The summed E-state index contributed by atoms with van der Waals surface area (Å²) in [5, 5.41) is 0. The van der Waals surface area contributed by atoms with Gasteiger partial charge in [0.05, 0.1) is 0 Å². The van der Waals surface area contributed by atoms with Crippen molar-refractivity contribution in [2.24, 2.45) is 5.73 Å². The van der Waals surface area contributed by atoms with Gasteiger partial charge in [-0.25, -0.2) is 0 Å². The van der Waals surface area contributed by atoms with Crippen LogP contribution in [0.15, 0.2) is 24.3 Å². The Morgan fingerprint density at radius 1 is 1.14 bits per heavy atom. The first-order valence-corrected chi connectivity index (χ1v) is 5.22. The first-order chi connectivity index (χ1) is 6.76. The summed E-state index contributed by atoms with van der Waals surface area (Å²) in [5.74, 6) is 0. The molecule has 0 unspecified atom stereocenters. The second-order valence-corrected chi connectivity index (χ2v) is 3.69. The van der Waals surface area contributed by atoms with Crippen LogP contribution in [0.2, 0.25) is 0 Å². The van der Waals surface area contributed by atoms with Gasteiger partial charge in [-0.1, -0.05) is 31.2 Å². The van der Waals surface area contributed by atoms with Gasteiger partial charge in [-0.2, -0.15) is 0 Å². The molecule has 0 fully saturated rings. The Morgan fingerprint density at radius 3 is 2.21 bits per heavy atom. The Kier molecular flexibility index (Phi) is 4.63. The first-order valence-electron chi connectivity index (χ1n) is 5.22. The van der Waals surface area contributed by atoms with Crippen LogP contribution >= 0.6 is 0 Å². The lowest BCUT2D eigenvalue weighted by Crippen LogP contribution is -2.16. The highest BCUT2D eigenvalue weighted by molar-refractivity contribution is 5.22. The molecule has 2 heteroatoms. The predicted molar refractivity (Wildman–Crippen MR) is 61.2 cm³/mol. The number of rotatable bonds is 5. The monoisotopic (exact) mass is 192 g/mol. The minimum absolute atomic E-state index is 0.730. The molecule has 0 amide bonds. The van der Waals surface area contributed by atoms with E-state index in [1.54, 1.807) is 0 Å². The van der Waals surface area contributed by atoms with Gasteiger partial charge in [0.25, 0.3) is 0 Å². The van der Waals surface area contributed by atoms with Crippen molar-refractivity contribution in [2.45, 2.75) is 19.9 Å². The Hall–Kier alpha value is -0.860. The van der Waals surface area contributed by atoms with E-state index in [0.717, 1.165) is 26.1 Å². The van der Waals surface area contributed by atoms with Gasteiger partial charge in [0, 0.05) is 6.54 Å². The summed E-state index contributed by atoms with van der Waals surface area (Å²) in [6.07, 6.45) is 0.976. The van der Waals surface area contributed by atoms with Gasteiger partial charge < -0.3 is 10.6 Å². The summed E-state index contributed by atoms with van der Waals surface area (Å²) in [6.45, 7) is 5.01. The van der Waals surface area contributed by atoms with Gasteiger partial charge in [0.15, 0.2) is 0 Å². The zero-order valence-electron chi connectivity index (χ0n) is 9.16. The third kappa shape index (κ3) is 3.48. The van der Waals surface area contributed by atoms with Gasteiger partial charge >= 0.3 is 0 Å². The van der Waals surface area contributed by atoms with Crippen molar-refractivity contribution >= 4 is 0 Å². The lowest BCUT2D eigenvalue weighted by Gasteiger charge is -2.13. The van der Waals surface area contributed by atoms with E-state index >= 15 is 0 Å². The SMILES string of the molecule is CCN(C)Cc1ccc(CCN)cc1. The molecule has 0 spiro atoms. The van der Waals surface area contributed by atoms with Crippen molar-refractivity contribution in [3.8, 4) is 0 Å². The molecule has 1 aromatic rings. The maximum absolute atomic E-state index is 5.49. The van der Waals surface area contributed by atoms with E-state index < -0.39 is 0 Å². The zero-order chi connectivity index (χ0) is 10.4. The van der Waals surface area contributed by atoms with Crippen LogP contribution in [-0.2, 0) is 13.0 Å². The predicted octanol–water partition coefficient (Wildman–Crippen LogP) is 1.64. The van der Waals surface area contributed by atoms with Crippen LogP contribution in [0.5, 0.6) is 0 Å². The largest absolute Gasteiger partial charge is 0.330 e. The van der Waals surface area contributed by atoms with Crippen LogP contribution < -0.4 is 5.73 Å². The summed E-state index contributed by atoms with van der Waals surface area (Å²) in [6, 6.07) is 8.73. The van der Waals surface area contributed by atoms with Crippen molar-refractivity contribution in [2.75, 3.05) is 20.1 Å². The van der Waals surface area contributed by atoms with E-state index in [1.165, 1.54) is 11.1 Å². The standard InChI is InChI=1S/C12H20N2/c1-3-14(2)10-12-6-4-11(5-7-12)8-9-13/h4-7H,3,8-10,13H2,1-2H3. The maximum Gasteiger partial charge on any atom is 0.0230 e. The average Bonchev–Trinajstić information content (AvgIpc) is 2.21. The molecular weight excluding hydrogens is 172 g/mol. The minimum atomic E-state index is 0.730.